The van der Waals surface area contributed by atoms with Gasteiger partial charge >= 0.3 is 6.03 Å². The number of hydrogen-bond donors (Lipinski definition) is 2. The van der Waals surface area contributed by atoms with Crippen LogP contribution in [0.5, 0.6) is 0 Å². The van der Waals surface area contributed by atoms with Gasteiger partial charge in [0.2, 0.25) is 0 Å². The van der Waals surface area contributed by atoms with Crippen LogP contribution in [0.4, 0.5) is 4.79 Å². The third-order valence-electron chi connectivity index (χ3n) is 6.01. The Morgan fingerprint density at radius 1 is 1.23 bits per heavy atom. The third kappa shape index (κ3) is 3.40. The fourth-order valence-corrected chi connectivity index (χ4v) is 4.70. The molecule has 5 heteroatoms. The normalized spacial score (nSPS) is 30.9. The van der Waals surface area contributed by atoms with E-state index in [0.717, 1.165) is 45.8 Å². The molecule has 0 radical (unpaired) electrons. The summed E-state index contributed by atoms with van der Waals surface area (Å²) < 4.78 is 5.41. The lowest BCUT2D eigenvalue weighted by Gasteiger charge is -2.40. The molecule has 2 N–H and O–H groups in total. The fourth-order valence-electron chi connectivity index (χ4n) is 4.70. The van der Waals surface area contributed by atoms with E-state index in [9.17, 15) is 4.79 Å². The van der Waals surface area contributed by atoms with Gasteiger partial charge in [0.15, 0.2) is 0 Å². The van der Waals surface area contributed by atoms with E-state index in [0.29, 0.717) is 5.41 Å². The molecule has 126 valence electrons. The molecule has 0 bridgehead atoms. The van der Waals surface area contributed by atoms with Gasteiger partial charge in [-0.25, -0.2) is 4.79 Å². The minimum atomic E-state index is 0.133. The summed E-state index contributed by atoms with van der Waals surface area (Å²) in [4.78, 5) is 14.6. The van der Waals surface area contributed by atoms with Gasteiger partial charge in [0.05, 0.1) is 6.61 Å². The van der Waals surface area contributed by atoms with Gasteiger partial charge < -0.3 is 20.3 Å². The first-order valence-electron chi connectivity index (χ1n) is 8.90. The van der Waals surface area contributed by atoms with E-state index in [1.54, 1.807) is 7.11 Å². The zero-order valence-corrected chi connectivity index (χ0v) is 14.0. The van der Waals surface area contributed by atoms with Gasteiger partial charge in [-0.15, -0.1) is 0 Å². The van der Waals surface area contributed by atoms with Crippen LogP contribution in [-0.2, 0) is 4.74 Å². The fraction of sp³-hybridized carbons (Fsp3) is 0.941. The average Bonchev–Trinajstić information content (AvgIpc) is 3.16. The lowest BCUT2D eigenvalue weighted by molar-refractivity contribution is 0.0786. The second kappa shape index (κ2) is 6.75. The van der Waals surface area contributed by atoms with Crippen LogP contribution in [0.25, 0.3) is 0 Å². The van der Waals surface area contributed by atoms with Crippen molar-refractivity contribution in [3.8, 4) is 0 Å². The molecule has 0 aromatic heterocycles. The maximum atomic E-state index is 12.6. The van der Waals surface area contributed by atoms with Gasteiger partial charge in [0.1, 0.15) is 0 Å². The van der Waals surface area contributed by atoms with Crippen LogP contribution >= 0.6 is 0 Å². The molecule has 1 saturated carbocycles. The van der Waals surface area contributed by atoms with Gasteiger partial charge in [0, 0.05) is 44.1 Å². The molecular weight excluding hydrogens is 278 g/mol. The lowest BCUT2D eigenvalue weighted by Crippen LogP contribution is -2.52. The number of methoxy groups -OCH3 is 1. The van der Waals surface area contributed by atoms with Crippen LogP contribution in [-0.4, -0.2) is 57.4 Å². The molecule has 1 atom stereocenters. The Kier molecular flexibility index (Phi) is 4.93. The van der Waals surface area contributed by atoms with E-state index in [2.05, 4.69) is 10.6 Å². The Labute approximate surface area is 134 Å². The van der Waals surface area contributed by atoms with Crippen molar-refractivity contribution in [2.24, 2.45) is 10.8 Å². The first-order valence-corrected chi connectivity index (χ1v) is 8.90. The Bertz CT molecular complexity index is 387. The van der Waals surface area contributed by atoms with E-state index < -0.39 is 0 Å². The summed E-state index contributed by atoms with van der Waals surface area (Å²) in [6.07, 6.45) is 8.49. The first kappa shape index (κ1) is 16.1. The van der Waals surface area contributed by atoms with Gasteiger partial charge in [-0.3, -0.25) is 0 Å². The highest BCUT2D eigenvalue weighted by Gasteiger charge is 2.40. The molecule has 3 aliphatic rings. The molecule has 1 unspecified atom stereocenters. The highest BCUT2D eigenvalue weighted by Crippen LogP contribution is 2.38. The number of urea groups is 1. The highest BCUT2D eigenvalue weighted by atomic mass is 16.5. The molecule has 2 heterocycles. The number of ether oxygens (including phenoxy) is 1. The van der Waals surface area contributed by atoms with Gasteiger partial charge in [0.25, 0.3) is 0 Å². The molecule has 2 aliphatic heterocycles. The molecule has 3 fully saturated rings. The van der Waals surface area contributed by atoms with Gasteiger partial charge in [-0.05, 0) is 38.6 Å². The highest BCUT2D eigenvalue weighted by molar-refractivity contribution is 5.74. The van der Waals surface area contributed by atoms with Crippen LogP contribution in [0, 0.1) is 10.8 Å². The Balaban J connectivity index is 1.53. The number of piperidine rings is 1. The molecule has 0 aromatic rings. The third-order valence-corrected chi connectivity index (χ3v) is 6.01. The van der Waals surface area contributed by atoms with Crippen molar-refractivity contribution in [2.75, 3.05) is 46.4 Å². The van der Waals surface area contributed by atoms with Crippen LogP contribution in [0.3, 0.4) is 0 Å². The zero-order valence-electron chi connectivity index (χ0n) is 14.0. The minimum Gasteiger partial charge on any atom is -0.384 e. The summed E-state index contributed by atoms with van der Waals surface area (Å²) in [6.45, 7) is 5.54. The number of likely N-dealkylation sites (tertiary alicyclic amines) is 1. The van der Waals surface area contributed by atoms with E-state index in [1.807, 2.05) is 4.90 Å². The number of carbonyl (C=O) groups excluding carboxylic acids is 1. The standard InChI is InChI=1S/C17H31N3O2/c1-22-14-17(5-2-3-6-17)12-19-15(21)20-10-4-7-16(13-20)8-9-18-11-16/h18H,2-14H2,1H3,(H,19,21). The zero-order chi connectivity index (χ0) is 15.5. The van der Waals surface area contributed by atoms with E-state index >= 15 is 0 Å². The molecule has 22 heavy (non-hydrogen) atoms. The number of nitrogens with zero attached hydrogens (tertiary/aromatic N) is 1. The Hall–Kier alpha value is -0.810. The SMILES string of the molecule is COCC1(CNC(=O)N2CCCC3(CCNC3)C2)CCCC1. The second-order valence-electron chi connectivity index (χ2n) is 7.75. The summed E-state index contributed by atoms with van der Waals surface area (Å²) >= 11 is 0. The average molecular weight is 309 g/mol. The Morgan fingerprint density at radius 2 is 2.05 bits per heavy atom. The number of hydrogen-bond acceptors (Lipinski definition) is 3. The van der Waals surface area contributed by atoms with Crippen molar-refractivity contribution < 1.29 is 9.53 Å². The van der Waals surface area contributed by atoms with Crippen molar-refractivity contribution in [2.45, 2.75) is 44.9 Å². The monoisotopic (exact) mass is 309 g/mol. The molecule has 0 aromatic carbocycles. The minimum absolute atomic E-state index is 0.133. The van der Waals surface area contributed by atoms with Gasteiger partial charge in [-0.1, -0.05) is 12.8 Å². The predicted molar refractivity (Wildman–Crippen MR) is 86.9 cm³/mol. The van der Waals surface area contributed by atoms with Crippen molar-refractivity contribution >= 4 is 6.03 Å². The summed E-state index contributed by atoms with van der Waals surface area (Å²) in [5.41, 5.74) is 0.514. The Morgan fingerprint density at radius 3 is 2.73 bits per heavy atom. The molecule has 2 saturated heterocycles. The van der Waals surface area contributed by atoms with Crippen LogP contribution < -0.4 is 10.6 Å². The number of amides is 2. The number of carbonyl (C=O) groups is 1. The molecule has 1 spiro atoms. The maximum Gasteiger partial charge on any atom is 0.317 e. The topological polar surface area (TPSA) is 53.6 Å². The quantitative estimate of drug-likeness (QED) is 0.835. The summed E-state index contributed by atoms with van der Waals surface area (Å²) in [6, 6.07) is 0.133. The van der Waals surface area contributed by atoms with E-state index in [-0.39, 0.29) is 11.4 Å². The van der Waals surface area contributed by atoms with E-state index in [4.69, 9.17) is 4.74 Å². The molecule has 2 amide bonds. The molecule has 3 rings (SSSR count). The van der Waals surface area contributed by atoms with Crippen LogP contribution in [0.1, 0.15) is 44.9 Å². The predicted octanol–water partition coefficient (Wildman–Crippen LogP) is 1.98. The molecule has 5 nitrogen and oxygen atoms in total. The molecule has 1 aliphatic carbocycles. The summed E-state index contributed by atoms with van der Waals surface area (Å²) in [7, 11) is 1.77. The van der Waals surface area contributed by atoms with Crippen molar-refractivity contribution in [3.63, 3.8) is 0 Å². The lowest BCUT2D eigenvalue weighted by atomic mass is 9.79. The largest absolute Gasteiger partial charge is 0.384 e. The first-order chi connectivity index (χ1) is 10.7. The summed E-state index contributed by atoms with van der Waals surface area (Å²) in [5, 5.41) is 6.68. The number of nitrogens with one attached hydrogen (secondary N) is 2. The van der Waals surface area contributed by atoms with Gasteiger partial charge in [-0.2, -0.15) is 0 Å². The van der Waals surface area contributed by atoms with Crippen molar-refractivity contribution in [3.05, 3.63) is 0 Å². The molecular formula is C17H31N3O2. The van der Waals surface area contributed by atoms with E-state index in [1.165, 1.54) is 38.5 Å². The number of rotatable bonds is 4. The van der Waals surface area contributed by atoms with Crippen LogP contribution in [0.2, 0.25) is 0 Å². The summed E-state index contributed by atoms with van der Waals surface area (Å²) in [5.74, 6) is 0. The van der Waals surface area contributed by atoms with Crippen LogP contribution in [0.15, 0.2) is 0 Å². The van der Waals surface area contributed by atoms with Crippen molar-refractivity contribution in [1.82, 2.24) is 15.5 Å². The van der Waals surface area contributed by atoms with Crippen molar-refractivity contribution in [1.29, 1.82) is 0 Å². The smallest absolute Gasteiger partial charge is 0.317 e. The maximum absolute atomic E-state index is 12.6. The second-order valence-corrected chi connectivity index (χ2v) is 7.75.